The molecule has 0 radical (unpaired) electrons. The molecule has 43 heavy (non-hydrogen) atoms. The number of hydrogen-bond donors (Lipinski definition) is 0. The molecular weight excluding hydrogens is 521 g/mol. The van der Waals surface area contributed by atoms with Crippen LogP contribution in [0.25, 0.3) is 22.3 Å². The number of nitrogens with zero attached hydrogens (tertiary/aromatic N) is 1. The van der Waals surface area contributed by atoms with E-state index in [0.29, 0.717) is 0 Å². The third kappa shape index (κ3) is 4.27. The first-order valence-electron chi connectivity index (χ1n) is 15.1. The van der Waals surface area contributed by atoms with Gasteiger partial charge in [0.1, 0.15) is 11.5 Å². The van der Waals surface area contributed by atoms with Gasteiger partial charge in [-0.3, -0.25) is 0 Å². The number of ether oxygens (including phenoxy) is 1. The van der Waals surface area contributed by atoms with E-state index in [1.54, 1.807) is 0 Å². The van der Waals surface area contributed by atoms with Gasteiger partial charge in [0.05, 0.1) is 0 Å². The van der Waals surface area contributed by atoms with Crippen LogP contribution in [0.2, 0.25) is 0 Å². The highest BCUT2D eigenvalue weighted by Gasteiger charge is 2.41. The first-order valence-corrected chi connectivity index (χ1v) is 15.1. The third-order valence-corrected chi connectivity index (χ3v) is 8.91. The molecule has 2 aliphatic rings. The molecule has 6 aromatic rings. The normalized spacial score (nSPS) is 12.7. The van der Waals surface area contributed by atoms with Gasteiger partial charge in [0.2, 0.25) is 0 Å². The van der Waals surface area contributed by atoms with E-state index >= 15 is 0 Å². The molecule has 0 amide bonds. The fourth-order valence-electron chi connectivity index (χ4n) is 6.74. The Morgan fingerprint density at radius 1 is 0.512 bits per heavy atom. The predicted molar refractivity (Wildman–Crippen MR) is 182 cm³/mol. The van der Waals surface area contributed by atoms with Gasteiger partial charge in [-0.2, -0.15) is 0 Å². The number of rotatable bonds is 4. The fraction of sp³-hybridized carbons (Fsp3) is 0.100. The molecule has 206 valence electrons. The smallest absolute Gasteiger partial charge is 0.252 e. The molecule has 3 heteroatoms. The zero-order chi connectivity index (χ0) is 29.1. The summed E-state index contributed by atoms with van der Waals surface area (Å²) in [5.41, 5.74) is 13.6. The van der Waals surface area contributed by atoms with Gasteiger partial charge in [-0.1, -0.05) is 117 Å². The molecule has 0 saturated heterocycles. The monoisotopic (exact) mass is 553 g/mol. The highest BCUT2D eigenvalue weighted by atomic mass is 16.5. The predicted octanol–water partition coefficient (Wildman–Crippen LogP) is 8.72. The molecule has 0 atom stereocenters. The zero-order valence-electron chi connectivity index (χ0n) is 24.7. The largest absolute Gasteiger partial charge is 0.458 e. The van der Waals surface area contributed by atoms with Crippen molar-refractivity contribution < 1.29 is 4.74 Å². The Bertz CT molecular complexity index is 1940. The van der Waals surface area contributed by atoms with Crippen molar-refractivity contribution >= 4 is 40.2 Å². The van der Waals surface area contributed by atoms with Crippen LogP contribution in [0, 0.1) is 0 Å². The van der Waals surface area contributed by atoms with Crippen LogP contribution < -0.4 is 26.0 Å². The minimum absolute atomic E-state index is 0.133. The minimum Gasteiger partial charge on any atom is -0.458 e. The Balaban J connectivity index is 1.23. The molecule has 0 unspecified atom stereocenters. The molecule has 2 nitrogen and oxygen atoms in total. The van der Waals surface area contributed by atoms with Gasteiger partial charge < -0.3 is 9.64 Å². The lowest BCUT2D eigenvalue weighted by atomic mass is 9.38. The standard InChI is InChI=1S/C40H32BNO/c1-40(2,3)29-20-17-27(18-21-29)28-19-23-36-38(25-28)43-37-16-10-15-33-34-26-32(22-24-35(34)41(36)39(33)37)42(30-11-6-4-7-12-30)31-13-8-5-9-14-31/h4-26H,1-3H3. The maximum Gasteiger partial charge on any atom is 0.252 e. The number of anilines is 3. The van der Waals surface area contributed by atoms with Crippen molar-refractivity contribution in [2.45, 2.75) is 26.2 Å². The van der Waals surface area contributed by atoms with E-state index in [1.807, 2.05) is 0 Å². The molecular formula is C40H32BNO. The molecule has 0 aromatic heterocycles. The van der Waals surface area contributed by atoms with Gasteiger partial charge in [-0.25, -0.2) is 0 Å². The van der Waals surface area contributed by atoms with Crippen LogP contribution in [0.5, 0.6) is 11.5 Å². The van der Waals surface area contributed by atoms with Crippen molar-refractivity contribution in [1.29, 1.82) is 0 Å². The number of fused-ring (bicyclic) bond motifs is 5. The maximum absolute atomic E-state index is 6.65. The van der Waals surface area contributed by atoms with E-state index in [2.05, 4.69) is 165 Å². The van der Waals surface area contributed by atoms with Crippen molar-refractivity contribution in [2.75, 3.05) is 4.90 Å². The number of benzene rings is 6. The maximum atomic E-state index is 6.65. The molecule has 0 bridgehead atoms. The summed E-state index contributed by atoms with van der Waals surface area (Å²) in [4.78, 5) is 2.33. The topological polar surface area (TPSA) is 12.5 Å². The lowest BCUT2D eigenvalue weighted by Gasteiger charge is -2.26. The molecule has 2 heterocycles. The van der Waals surface area contributed by atoms with Crippen molar-refractivity contribution in [1.82, 2.24) is 0 Å². The highest BCUT2D eigenvalue weighted by molar-refractivity contribution is 7.00. The van der Waals surface area contributed by atoms with Crippen molar-refractivity contribution in [3.8, 4) is 33.8 Å². The molecule has 0 aliphatic carbocycles. The van der Waals surface area contributed by atoms with Gasteiger partial charge >= 0.3 is 0 Å². The Labute approximate surface area is 254 Å². The van der Waals surface area contributed by atoms with Crippen LogP contribution >= 0.6 is 0 Å². The summed E-state index contributed by atoms with van der Waals surface area (Å²) in [5, 5.41) is 0. The van der Waals surface area contributed by atoms with Crippen LogP contribution in [0.1, 0.15) is 26.3 Å². The Morgan fingerprint density at radius 3 is 1.84 bits per heavy atom. The fourth-order valence-corrected chi connectivity index (χ4v) is 6.74. The quantitative estimate of drug-likeness (QED) is 0.202. The summed E-state index contributed by atoms with van der Waals surface area (Å²) in [6.45, 7) is 6.91. The van der Waals surface area contributed by atoms with Gasteiger partial charge in [0.15, 0.2) is 0 Å². The Kier molecular flexibility index (Phi) is 5.84. The Hall–Kier alpha value is -5.02. The number of para-hydroxylation sites is 2. The Morgan fingerprint density at radius 2 is 1.16 bits per heavy atom. The first kappa shape index (κ1) is 25.7. The first-order chi connectivity index (χ1) is 21.0. The molecule has 8 rings (SSSR count). The van der Waals surface area contributed by atoms with Gasteiger partial charge in [0, 0.05) is 17.1 Å². The second-order valence-electron chi connectivity index (χ2n) is 12.6. The summed E-state index contributed by atoms with van der Waals surface area (Å²) < 4.78 is 6.65. The van der Waals surface area contributed by atoms with E-state index in [0.717, 1.165) is 28.6 Å². The van der Waals surface area contributed by atoms with E-state index in [9.17, 15) is 0 Å². The average Bonchev–Trinajstić information content (AvgIpc) is 3.37. The summed E-state index contributed by atoms with van der Waals surface area (Å²) in [5.74, 6) is 1.90. The van der Waals surface area contributed by atoms with Crippen molar-refractivity contribution in [3.05, 3.63) is 145 Å². The second kappa shape index (κ2) is 9.78. The van der Waals surface area contributed by atoms with Crippen molar-refractivity contribution in [3.63, 3.8) is 0 Å². The molecule has 0 N–H and O–H groups in total. The van der Waals surface area contributed by atoms with E-state index < -0.39 is 0 Å². The minimum atomic E-state index is 0.133. The number of hydrogen-bond acceptors (Lipinski definition) is 2. The molecule has 2 aliphatic heterocycles. The van der Waals surface area contributed by atoms with Gasteiger partial charge in [0.25, 0.3) is 6.71 Å². The van der Waals surface area contributed by atoms with E-state index in [4.69, 9.17) is 4.74 Å². The molecule has 6 aromatic carbocycles. The highest BCUT2D eigenvalue weighted by Crippen LogP contribution is 2.40. The SMILES string of the molecule is CC(C)(C)c1ccc(-c2ccc3c(c2)Oc2cccc4c2B3c2ccc(N(c3ccccc3)c3ccccc3)cc2-4)cc1. The van der Waals surface area contributed by atoms with Crippen LogP contribution in [0.3, 0.4) is 0 Å². The summed E-state index contributed by atoms with van der Waals surface area (Å²) in [6, 6.07) is 50.3. The third-order valence-electron chi connectivity index (χ3n) is 8.91. The van der Waals surface area contributed by atoms with E-state index in [-0.39, 0.29) is 12.1 Å². The average molecular weight is 554 g/mol. The van der Waals surface area contributed by atoms with Crippen molar-refractivity contribution in [2.24, 2.45) is 0 Å². The van der Waals surface area contributed by atoms with Gasteiger partial charge in [-0.05, 0) is 92.7 Å². The van der Waals surface area contributed by atoms with Crippen LogP contribution in [-0.2, 0) is 5.41 Å². The van der Waals surface area contributed by atoms with E-state index in [1.165, 1.54) is 44.2 Å². The zero-order valence-corrected chi connectivity index (χ0v) is 24.7. The molecule has 0 saturated carbocycles. The molecule has 0 fully saturated rings. The molecule has 0 spiro atoms. The van der Waals surface area contributed by atoms with Crippen LogP contribution in [0.15, 0.2) is 140 Å². The lowest BCUT2D eigenvalue weighted by Crippen LogP contribution is -2.52. The van der Waals surface area contributed by atoms with Crippen LogP contribution in [0.4, 0.5) is 17.1 Å². The van der Waals surface area contributed by atoms with Crippen LogP contribution in [-0.4, -0.2) is 6.71 Å². The summed E-state index contributed by atoms with van der Waals surface area (Å²) in [6.07, 6.45) is 0. The summed E-state index contributed by atoms with van der Waals surface area (Å²) in [7, 11) is 0. The lowest BCUT2D eigenvalue weighted by molar-refractivity contribution is 0.488. The summed E-state index contributed by atoms with van der Waals surface area (Å²) >= 11 is 0. The van der Waals surface area contributed by atoms with Gasteiger partial charge in [-0.15, -0.1) is 0 Å². The second-order valence-corrected chi connectivity index (χ2v) is 12.6.